The van der Waals surface area contributed by atoms with Gasteiger partial charge in [0.2, 0.25) is 0 Å². The van der Waals surface area contributed by atoms with Crippen LogP contribution in [0.15, 0.2) is 39.6 Å². The highest BCUT2D eigenvalue weighted by Crippen LogP contribution is 2.32. The number of fused-ring (bicyclic) bond motifs is 1. The Hall–Kier alpha value is -2.51. The van der Waals surface area contributed by atoms with Gasteiger partial charge in [0.25, 0.3) is 5.56 Å². The Morgan fingerprint density at radius 2 is 2.19 bits per heavy atom. The summed E-state index contributed by atoms with van der Waals surface area (Å²) in [4.78, 5) is 20.0. The van der Waals surface area contributed by atoms with Gasteiger partial charge in [-0.05, 0) is 38.4 Å². The van der Waals surface area contributed by atoms with E-state index < -0.39 is 0 Å². The number of hydrogen-bond acceptors (Lipinski definition) is 6. The molecule has 0 saturated carbocycles. The van der Waals surface area contributed by atoms with Gasteiger partial charge in [-0.25, -0.2) is 4.98 Å². The van der Waals surface area contributed by atoms with Crippen LogP contribution in [-0.4, -0.2) is 37.9 Å². The quantitative estimate of drug-likeness (QED) is 0.755. The molecule has 2 aromatic heterocycles. The van der Waals surface area contributed by atoms with Crippen molar-refractivity contribution in [1.29, 1.82) is 0 Å². The molecule has 3 aromatic rings. The van der Waals surface area contributed by atoms with Crippen LogP contribution in [0.1, 0.15) is 36.2 Å². The highest BCUT2D eigenvalue weighted by Gasteiger charge is 2.31. The van der Waals surface area contributed by atoms with Crippen LogP contribution in [0.25, 0.3) is 10.9 Å². The lowest BCUT2D eigenvalue weighted by Crippen LogP contribution is -2.32. The molecule has 1 atom stereocenters. The maximum Gasteiger partial charge on any atom is 0.261 e. The Balaban J connectivity index is 1.76. The van der Waals surface area contributed by atoms with E-state index in [2.05, 4.69) is 10.1 Å². The second-order valence-corrected chi connectivity index (χ2v) is 6.73. The van der Waals surface area contributed by atoms with E-state index >= 15 is 0 Å². The summed E-state index contributed by atoms with van der Waals surface area (Å²) in [6.45, 7) is 3.59. The molecule has 26 heavy (non-hydrogen) atoms. The van der Waals surface area contributed by atoms with Crippen LogP contribution in [0.2, 0.25) is 0 Å². The predicted octanol–water partition coefficient (Wildman–Crippen LogP) is 2.02. The number of aliphatic hydroxyl groups is 1. The SMILES string of the molecule is Cc1cc(CN2CCCC2c2nc3ccccc3c(=O)n2CCO)on1. The molecule has 1 aromatic carbocycles. The number of benzene rings is 1. The van der Waals surface area contributed by atoms with E-state index in [1.807, 2.05) is 31.2 Å². The van der Waals surface area contributed by atoms with Crippen LogP contribution in [0.4, 0.5) is 0 Å². The lowest BCUT2D eigenvalue weighted by atomic mass is 10.1. The lowest BCUT2D eigenvalue weighted by Gasteiger charge is -2.25. The highest BCUT2D eigenvalue weighted by molar-refractivity contribution is 5.77. The van der Waals surface area contributed by atoms with E-state index in [0.29, 0.717) is 17.4 Å². The van der Waals surface area contributed by atoms with E-state index in [1.54, 1.807) is 10.6 Å². The number of aryl methyl sites for hydroxylation is 1. The smallest absolute Gasteiger partial charge is 0.261 e. The number of rotatable bonds is 5. The van der Waals surface area contributed by atoms with Gasteiger partial charge in [0.1, 0.15) is 5.82 Å². The first-order valence-corrected chi connectivity index (χ1v) is 8.94. The van der Waals surface area contributed by atoms with E-state index in [9.17, 15) is 9.90 Å². The predicted molar refractivity (Wildman–Crippen MR) is 96.7 cm³/mol. The van der Waals surface area contributed by atoms with E-state index in [1.165, 1.54) is 0 Å². The highest BCUT2D eigenvalue weighted by atomic mass is 16.5. The Labute approximate surface area is 150 Å². The summed E-state index contributed by atoms with van der Waals surface area (Å²) in [5.74, 6) is 1.53. The van der Waals surface area contributed by atoms with Gasteiger partial charge in [0, 0.05) is 6.07 Å². The fraction of sp³-hybridized carbons (Fsp3) is 0.421. The van der Waals surface area contributed by atoms with Gasteiger partial charge >= 0.3 is 0 Å². The van der Waals surface area contributed by atoms with Crippen molar-refractivity contribution in [3.8, 4) is 0 Å². The van der Waals surface area contributed by atoms with Crippen LogP contribution >= 0.6 is 0 Å². The van der Waals surface area contributed by atoms with Gasteiger partial charge < -0.3 is 9.63 Å². The second kappa shape index (κ2) is 7.01. The van der Waals surface area contributed by atoms with Gasteiger partial charge in [-0.2, -0.15) is 0 Å². The van der Waals surface area contributed by atoms with Crippen molar-refractivity contribution in [3.05, 3.63) is 58.0 Å². The maximum atomic E-state index is 12.9. The molecule has 1 N–H and O–H groups in total. The Bertz CT molecular complexity index is 978. The van der Waals surface area contributed by atoms with Crippen LogP contribution < -0.4 is 5.56 Å². The summed E-state index contributed by atoms with van der Waals surface area (Å²) in [7, 11) is 0. The van der Waals surface area contributed by atoms with E-state index in [0.717, 1.165) is 36.7 Å². The first-order chi connectivity index (χ1) is 12.7. The van der Waals surface area contributed by atoms with Gasteiger partial charge in [-0.1, -0.05) is 17.3 Å². The molecule has 1 unspecified atom stereocenters. The van der Waals surface area contributed by atoms with E-state index in [-0.39, 0.29) is 24.8 Å². The van der Waals surface area contributed by atoms with Crippen molar-refractivity contribution in [3.63, 3.8) is 0 Å². The zero-order chi connectivity index (χ0) is 18.1. The average molecular weight is 354 g/mol. The van der Waals surface area contributed by atoms with Crippen molar-refractivity contribution in [2.75, 3.05) is 13.2 Å². The molecule has 7 nitrogen and oxygen atoms in total. The molecule has 7 heteroatoms. The second-order valence-electron chi connectivity index (χ2n) is 6.73. The molecule has 0 radical (unpaired) electrons. The molecule has 1 aliphatic rings. The van der Waals surface area contributed by atoms with Gasteiger partial charge in [-0.15, -0.1) is 0 Å². The third-order valence-electron chi connectivity index (χ3n) is 4.91. The topological polar surface area (TPSA) is 84.4 Å². The summed E-state index contributed by atoms with van der Waals surface area (Å²) < 4.78 is 6.98. The Kier molecular flexibility index (Phi) is 4.57. The summed E-state index contributed by atoms with van der Waals surface area (Å²) >= 11 is 0. The van der Waals surface area contributed by atoms with Gasteiger partial charge in [0.05, 0.1) is 42.3 Å². The van der Waals surface area contributed by atoms with Crippen LogP contribution in [-0.2, 0) is 13.1 Å². The molecule has 0 bridgehead atoms. The fourth-order valence-electron chi connectivity index (χ4n) is 3.75. The number of aromatic nitrogens is 3. The largest absolute Gasteiger partial charge is 0.395 e. The molecule has 136 valence electrons. The van der Waals surface area contributed by atoms with Crippen molar-refractivity contribution in [2.45, 2.75) is 38.9 Å². The Morgan fingerprint density at radius 1 is 1.35 bits per heavy atom. The third-order valence-corrected chi connectivity index (χ3v) is 4.91. The van der Waals surface area contributed by atoms with Crippen molar-refractivity contribution < 1.29 is 9.63 Å². The summed E-state index contributed by atoms with van der Waals surface area (Å²) in [6.07, 6.45) is 1.95. The van der Waals surface area contributed by atoms with Crippen LogP contribution in [0.5, 0.6) is 0 Å². The maximum absolute atomic E-state index is 12.9. The molecule has 1 aliphatic heterocycles. The Morgan fingerprint density at radius 3 is 2.96 bits per heavy atom. The minimum atomic E-state index is -0.0963. The van der Waals surface area contributed by atoms with Crippen LogP contribution in [0, 0.1) is 6.92 Å². The summed E-state index contributed by atoms with van der Waals surface area (Å²) in [5, 5.41) is 14.0. The normalized spacial score (nSPS) is 18.0. The zero-order valence-electron chi connectivity index (χ0n) is 14.8. The molecular formula is C19H22N4O3. The van der Waals surface area contributed by atoms with Gasteiger partial charge in [-0.3, -0.25) is 14.3 Å². The monoisotopic (exact) mass is 354 g/mol. The lowest BCUT2D eigenvalue weighted by molar-refractivity contribution is 0.201. The number of aliphatic hydroxyl groups excluding tert-OH is 1. The first kappa shape index (κ1) is 16.9. The van der Waals surface area contributed by atoms with Crippen molar-refractivity contribution in [2.24, 2.45) is 0 Å². The number of nitrogens with zero attached hydrogens (tertiary/aromatic N) is 4. The summed E-state index contributed by atoms with van der Waals surface area (Å²) in [5.41, 5.74) is 1.46. The molecule has 0 amide bonds. The molecule has 1 fully saturated rings. The molecule has 4 rings (SSSR count). The van der Waals surface area contributed by atoms with Crippen molar-refractivity contribution in [1.82, 2.24) is 19.6 Å². The number of hydrogen-bond donors (Lipinski definition) is 1. The molecule has 1 saturated heterocycles. The zero-order valence-corrected chi connectivity index (χ0v) is 14.8. The fourth-order valence-corrected chi connectivity index (χ4v) is 3.75. The molecule has 3 heterocycles. The standard InChI is InChI=1S/C19H22N4O3/c1-13-11-14(26-21-13)12-22-8-4-7-17(22)18-20-16-6-3-2-5-15(16)19(25)23(18)9-10-24/h2-3,5-6,11,17,24H,4,7-10,12H2,1H3. The minimum absolute atomic E-state index is 0.0178. The number of likely N-dealkylation sites (tertiary alicyclic amines) is 1. The molecule has 0 spiro atoms. The molecular weight excluding hydrogens is 332 g/mol. The minimum Gasteiger partial charge on any atom is -0.395 e. The van der Waals surface area contributed by atoms with E-state index in [4.69, 9.17) is 9.51 Å². The first-order valence-electron chi connectivity index (χ1n) is 8.94. The van der Waals surface area contributed by atoms with Crippen molar-refractivity contribution >= 4 is 10.9 Å². The number of para-hydroxylation sites is 1. The molecule has 0 aliphatic carbocycles. The van der Waals surface area contributed by atoms with Crippen LogP contribution in [0.3, 0.4) is 0 Å². The third kappa shape index (κ3) is 3.04. The summed E-state index contributed by atoms with van der Waals surface area (Å²) in [6, 6.07) is 9.32. The van der Waals surface area contributed by atoms with Gasteiger partial charge in [0.15, 0.2) is 5.76 Å². The average Bonchev–Trinajstić information content (AvgIpc) is 3.27.